The van der Waals surface area contributed by atoms with Crippen LogP contribution in [0.4, 0.5) is 0 Å². The first kappa shape index (κ1) is 8.24. The maximum Gasteiger partial charge on any atom is 0.155 e. The van der Waals surface area contributed by atoms with Crippen molar-refractivity contribution in [2.45, 2.75) is 50.5 Å². The van der Waals surface area contributed by atoms with E-state index in [1.807, 2.05) is 0 Å². The molecule has 0 atom stereocenters. The van der Waals surface area contributed by atoms with E-state index in [2.05, 4.69) is 0 Å². The lowest BCUT2D eigenvalue weighted by molar-refractivity contribution is -0.130. The van der Waals surface area contributed by atoms with Crippen molar-refractivity contribution >= 4 is 5.78 Å². The molecule has 2 N–H and O–H groups in total. The van der Waals surface area contributed by atoms with E-state index in [4.69, 9.17) is 5.73 Å². The van der Waals surface area contributed by atoms with Gasteiger partial charge in [0.25, 0.3) is 0 Å². The van der Waals surface area contributed by atoms with Crippen LogP contribution in [0.1, 0.15) is 44.9 Å². The van der Waals surface area contributed by atoms with Crippen LogP contribution in [0.15, 0.2) is 0 Å². The van der Waals surface area contributed by atoms with Crippen molar-refractivity contribution in [1.29, 1.82) is 0 Å². The highest BCUT2D eigenvalue weighted by Gasteiger charge is 2.43. The zero-order valence-corrected chi connectivity index (χ0v) is 7.51. The minimum atomic E-state index is -0.394. The number of nitrogens with two attached hydrogens (primary N) is 1. The molecular formula is C10H17NO. The molecule has 0 aromatic rings. The quantitative estimate of drug-likeness (QED) is 0.679. The fourth-order valence-electron chi connectivity index (χ4n) is 2.40. The van der Waals surface area contributed by atoms with E-state index in [-0.39, 0.29) is 0 Å². The van der Waals surface area contributed by atoms with Crippen molar-refractivity contribution in [2.75, 3.05) is 0 Å². The monoisotopic (exact) mass is 167 g/mol. The van der Waals surface area contributed by atoms with Crippen LogP contribution in [-0.2, 0) is 4.79 Å². The molecular weight excluding hydrogens is 150 g/mol. The van der Waals surface area contributed by atoms with Crippen molar-refractivity contribution in [2.24, 2.45) is 11.7 Å². The predicted octanol–water partition coefficient (Wildman–Crippen LogP) is 1.63. The summed E-state index contributed by atoms with van der Waals surface area (Å²) < 4.78 is 0. The number of hydrogen-bond acceptors (Lipinski definition) is 2. The number of rotatable bonds is 2. The summed E-state index contributed by atoms with van der Waals surface area (Å²) in [5.74, 6) is 0.682. The van der Waals surface area contributed by atoms with Gasteiger partial charge in [-0.2, -0.15) is 0 Å². The zero-order chi connectivity index (χ0) is 8.60. The molecule has 0 heterocycles. The summed E-state index contributed by atoms with van der Waals surface area (Å²) in [5.41, 5.74) is 5.58. The molecule has 0 unspecified atom stereocenters. The van der Waals surface area contributed by atoms with Crippen molar-refractivity contribution in [3.8, 4) is 0 Å². The first-order valence-corrected chi connectivity index (χ1v) is 5.06. The van der Waals surface area contributed by atoms with Crippen molar-refractivity contribution in [3.05, 3.63) is 0 Å². The lowest BCUT2D eigenvalue weighted by Gasteiger charge is -2.38. The summed E-state index contributed by atoms with van der Waals surface area (Å²) in [7, 11) is 0. The van der Waals surface area contributed by atoms with E-state index in [1.54, 1.807) is 0 Å². The van der Waals surface area contributed by atoms with Gasteiger partial charge in [-0.15, -0.1) is 0 Å². The molecule has 2 nitrogen and oxygen atoms in total. The fourth-order valence-corrected chi connectivity index (χ4v) is 2.40. The van der Waals surface area contributed by atoms with Crippen LogP contribution in [0.3, 0.4) is 0 Å². The van der Waals surface area contributed by atoms with Gasteiger partial charge in [0.05, 0.1) is 5.54 Å². The van der Waals surface area contributed by atoms with Gasteiger partial charge in [-0.3, -0.25) is 4.79 Å². The number of ketones is 1. The summed E-state index contributed by atoms with van der Waals surface area (Å²) in [6.07, 6.45) is 7.66. The SMILES string of the molecule is NC1(C(=O)C2CCCC2)CCC1. The first-order valence-electron chi connectivity index (χ1n) is 5.06. The third kappa shape index (κ3) is 1.18. The molecule has 0 amide bonds. The molecule has 0 saturated heterocycles. The van der Waals surface area contributed by atoms with Crippen LogP contribution in [-0.4, -0.2) is 11.3 Å². The average molecular weight is 167 g/mol. The molecule has 2 fully saturated rings. The molecule has 2 aliphatic carbocycles. The third-order valence-corrected chi connectivity index (χ3v) is 3.46. The van der Waals surface area contributed by atoms with Gasteiger partial charge in [0.15, 0.2) is 5.78 Å². The Balaban J connectivity index is 1.98. The Morgan fingerprint density at radius 1 is 1.17 bits per heavy atom. The second-order valence-corrected chi connectivity index (χ2v) is 4.36. The second-order valence-electron chi connectivity index (χ2n) is 4.36. The number of Topliss-reactive ketones (excluding diaryl/α,β-unsaturated/α-hetero) is 1. The van der Waals surface area contributed by atoms with E-state index in [1.165, 1.54) is 12.8 Å². The Morgan fingerprint density at radius 2 is 1.75 bits per heavy atom. The Hall–Kier alpha value is -0.370. The van der Waals surface area contributed by atoms with E-state index in [0.717, 1.165) is 32.1 Å². The van der Waals surface area contributed by atoms with Crippen molar-refractivity contribution < 1.29 is 4.79 Å². The fraction of sp³-hybridized carbons (Fsp3) is 0.900. The highest BCUT2D eigenvalue weighted by Crippen LogP contribution is 2.37. The van der Waals surface area contributed by atoms with Gasteiger partial charge in [-0.25, -0.2) is 0 Å². The zero-order valence-electron chi connectivity index (χ0n) is 7.51. The number of carbonyl (C=O) groups excluding carboxylic acids is 1. The Bertz CT molecular complexity index is 190. The van der Waals surface area contributed by atoms with Gasteiger partial charge in [-0.1, -0.05) is 12.8 Å². The van der Waals surface area contributed by atoms with Gasteiger partial charge in [0.2, 0.25) is 0 Å². The summed E-state index contributed by atoms with van der Waals surface area (Å²) in [6, 6.07) is 0. The lowest BCUT2D eigenvalue weighted by atomic mass is 9.71. The summed E-state index contributed by atoms with van der Waals surface area (Å²) >= 11 is 0. The Morgan fingerprint density at radius 3 is 2.17 bits per heavy atom. The molecule has 2 aliphatic rings. The summed E-state index contributed by atoms with van der Waals surface area (Å²) in [5, 5.41) is 0. The Labute approximate surface area is 73.5 Å². The molecule has 0 spiro atoms. The molecule has 12 heavy (non-hydrogen) atoms. The molecule has 2 heteroatoms. The maximum absolute atomic E-state index is 11.8. The molecule has 0 bridgehead atoms. The Kier molecular flexibility index (Phi) is 1.95. The van der Waals surface area contributed by atoms with Crippen LogP contribution in [0.25, 0.3) is 0 Å². The molecule has 2 saturated carbocycles. The molecule has 0 aromatic carbocycles. The molecule has 68 valence electrons. The average Bonchev–Trinajstić information content (AvgIpc) is 2.50. The van der Waals surface area contributed by atoms with E-state index >= 15 is 0 Å². The van der Waals surface area contributed by atoms with E-state index in [9.17, 15) is 4.79 Å². The van der Waals surface area contributed by atoms with Crippen molar-refractivity contribution in [1.82, 2.24) is 0 Å². The number of hydrogen-bond donors (Lipinski definition) is 1. The van der Waals surface area contributed by atoms with Crippen LogP contribution >= 0.6 is 0 Å². The molecule has 0 aliphatic heterocycles. The third-order valence-electron chi connectivity index (χ3n) is 3.46. The standard InChI is InChI=1S/C10H17NO/c11-10(6-3-7-10)9(12)8-4-1-2-5-8/h8H,1-7,11H2. The van der Waals surface area contributed by atoms with Crippen molar-refractivity contribution in [3.63, 3.8) is 0 Å². The lowest BCUT2D eigenvalue weighted by Crippen LogP contribution is -2.55. The highest BCUT2D eigenvalue weighted by molar-refractivity contribution is 5.91. The first-order chi connectivity index (χ1) is 5.72. The van der Waals surface area contributed by atoms with Gasteiger partial charge >= 0.3 is 0 Å². The smallest absolute Gasteiger partial charge is 0.155 e. The highest BCUT2D eigenvalue weighted by atomic mass is 16.1. The topological polar surface area (TPSA) is 43.1 Å². The summed E-state index contributed by atoms with van der Waals surface area (Å²) in [6.45, 7) is 0. The predicted molar refractivity (Wildman–Crippen MR) is 47.7 cm³/mol. The minimum Gasteiger partial charge on any atom is -0.319 e. The summed E-state index contributed by atoms with van der Waals surface area (Å²) in [4.78, 5) is 11.8. The molecule has 0 radical (unpaired) electrons. The van der Waals surface area contributed by atoms with Gasteiger partial charge in [-0.05, 0) is 32.1 Å². The van der Waals surface area contributed by atoms with Crippen LogP contribution in [0, 0.1) is 5.92 Å². The van der Waals surface area contributed by atoms with Crippen LogP contribution < -0.4 is 5.73 Å². The van der Waals surface area contributed by atoms with E-state index in [0.29, 0.717) is 11.7 Å². The van der Waals surface area contributed by atoms with Gasteiger partial charge in [0, 0.05) is 5.92 Å². The largest absolute Gasteiger partial charge is 0.319 e. The normalized spacial score (nSPS) is 28.4. The number of carbonyl (C=O) groups is 1. The minimum absolute atomic E-state index is 0.315. The van der Waals surface area contributed by atoms with Gasteiger partial charge in [0.1, 0.15) is 0 Å². The maximum atomic E-state index is 11.8. The second kappa shape index (κ2) is 2.84. The van der Waals surface area contributed by atoms with Crippen LogP contribution in [0.2, 0.25) is 0 Å². The van der Waals surface area contributed by atoms with Crippen LogP contribution in [0.5, 0.6) is 0 Å². The van der Waals surface area contributed by atoms with Gasteiger partial charge < -0.3 is 5.73 Å². The molecule has 2 rings (SSSR count). The molecule has 0 aromatic heterocycles. The van der Waals surface area contributed by atoms with E-state index < -0.39 is 5.54 Å².